The summed E-state index contributed by atoms with van der Waals surface area (Å²) < 4.78 is 12.6. The Kier molecular flexibility index (Phi) is 4.60. The molecule has 0 spiro atoms. The monoisotopic (exact) mass is 252 g/mol. The molecule has 0 unspecified atom stereocenters. The Bertz CT molecular complexity index is 198. The highest BCUT2D eigenvalue weighted by Gasteiger charge is 1.93. The van der Waals surface area contributed by atoms with E-state index in [-0.39, 0.29) is 29.8 Å². The van der Waals surface area contributed by atoms with Gasteiger partial charge in [0.15, 0.2) is 0 Å². The molecule has 2 heteroatoms. The zero-order valence-corrected chi connectivity index (χ0v) is 8.13. The number of hydrogen-bond acceptors (Lipinski definition) is 0. The molecule has 1 aromatic rings. The molecule has 10 heavy (non-hydrogen) atoms. The molecular weight excluding hydrogens is 242 g/mol. The fraction of sp³-hybridized carbons (Fsp3) is 0.250. The lowest BCUT2D eigenvalue weighted by molar-refractivity contribution is 0.612. The molecule has 0 aliphatic carbocycles. The molecule has 0 aliphatic rings. The van der Waals surface area contributed by atoms with Crippen LogP contribution in [-0.4, -0.2) is 0 Å². The van der Waals surface area contributed by atoms with Gasteiger partial charge < -0.3 is 0 Å². The van der Waals surface area contributed by atoms with E-state index in [9.17, 15) is 4.39 Å². The maximum Gasteiger partial charge on any atom is 0.126 e. The Balaban J connectivity index is 0.000000810. The average molecular weight is 252 g/mol. The fourth-order valence-corrected chi connectivity index (χ4v) is 0.785. The van der Waals surface area contributed by atoms with Crippen LogP contribution in [0.15, 0.2) is 24.3 Å². The maximum absolute atomic E-state index is 12.6. The maximum atomic E-state index is 12.6. The van der Waals surface area contributed by atoms with Crippen molar-refractivity contribution in [1.29, 1.82) is 0 Å². The van der Waals surface area contributed by atoms with Crippen molar-refractivity contribution in [2.24, 2.45) is 0 Å². The summed E-state index contributed by atoms with van der Waals surface area (Å²) >= 11 is 0. The highest BCUT2D eigenvalue weighted by Crippen LogP contribution is 2.05. The minimum Gasteiger partial charge on any atom is -0.207 e. The van der Waals surface area contributed by atoms with Crippen molar-refractivity contribution in [1.82, 2.24) is 0 Å². The Morgan fingerprint density at radius 2 is 1.90 bits per heavy atom. The van der Waals surface area contributed by atoms with Crippen LogP contribution in [0.1, 0.15) is 12.5 Å². The summed E-state index contributed by atoms with van der Waals surface area (Å²) in [6.07, 6.45) is 0.771. The largest absolute Gasteiger partial charge is 0.207 e. The van der Waals surface area contributed by atoms with Crippen molar-refractivity contribution in [2.45, 2.75) is 13.3 Å². The van der Waals surface area contributed by atoms with E-state index in [1.165, 1.54) is 6.07 Å². The van der Waals surface area contributed by atoms with E-state index in [1.54, 1.807) is 12.1 Å². The minimum atomic E-state index is -0.0972. The summed E-state index contributed by atoms with van der Waals surface area (Å²) in [7, 11) is 0. The molecule has 0 aromatic heterocycles. The van der Waals surface area contributed by atoms with Gasteiger partial charge in [-0.1, -0.05) is 25.1 Å². The standard InChI is InChI=1S/C8H9F.HI/c1-2-7-5-3-4-6-8(7)9;/h3-6H,2H2,1H3;1H. The molecule has 0 bridgehead atoms. The molecule has 0 radical (unpaired) electrons. The van der Waals surface area contributed by atoms with E-state index < -0.39 is 0 Å². The van der Waals surface area contributed by atoms with Crippen LogP contribution in [0.2, 0.25) is 0 Å². The number of benzene rings is 1. The summed E-state index contributed by atoms with van der Waals surface area (Å²) in [4.78, 5) is 0. The minimum absolute atomic E-state index is 0. The normalized spacial score (nSPS) is 8.60. The summed E-state index contributed by atoms with van der Waals surface area (Å²) in [6, 6.07) is 6.84. The van der Waals surface area contributed by atoms with Crippen LogP contribution in [0.4, 0.5) is 4.39 Å². The van der Waals surface area contributed by atoms with E-state index in [1.807, 2.05) is 13.0 Å². The van der Waals surface area contributed by atoms with Gasteiger partial charge in [0.25, 0.3) is 0 Å². The van der Waals surface area contributed by atoms with E-state index in [2.05, 4.69) is 0 Å². The van der Waals surface area contributed by atoms with E-state index in [0.717, 1.165) is 12.0 Å². The first kappa shape index (κ1) is 9.88. The first-order valence-corrected chi connectivity index (χ1v) is 3.08. The van der Waals surface area contributed by atoms with Crippen molar-refractivity contribution in [3.8, 4) is 0 Å². The van der Waals surface area contributed by atoms with Gasteiger partial charge in [0.1, 0.15) is 5.82 Å². The number of hydrogen-bond donors (Lipinski definition) is 0. The van der Waals surface area contributed by atoms with Crippen LogP contribution in [0.5, 0.6) is 0 Å². The molecule has 1 rings (SSSR count). The van der Waals surface area contributed by atoms with E-state index in [0.29, 0.717) is 0 Å². The third-order valence-corrected chi connectivity index (χ3v) is 1.34. The van der Waals surface area contributed by atoms with Gasteiger partial charge in [-0.3, -0.25) is 0 Å². The molecule has 0 heterocycles. The summed E-state index contributed by atoms with van der Waals surface area (Å²) in [5.74, 6) is -0.0972. The van der Waals surface area contributed by atoms with Crippen LogP contribution in [0.3, 0.4) is 0 Å². The van der Waals surface area contributed by atoms with E-state index in [4.69, 9.17) is 0 Å². The molecule has 0 amide bonds. The Labute approximate surface area is 77.5 Å². The van der Waals surface area contributed by atoms with Gasteiger partial charge >= 0.3 is 0 Å². The second kappa shape index (κ2) is 4.66. The summed E-state index contributed by atoms with van der Waals surface area (Å²) in [6.45, 7) is 1.94. The SMILES string of the molecule is CCc1ccccc1F.I. The van der Waals surface area contributed by atoms with Crippen LogP contribution in [0, 0.1) is 5.82 Å². The first-order chi connectivity index (χ1) is 4.34. The third-order valence-electron chi connectivity index (χ3n) is 1.34. The van der Waals surface area contributed by atoms with E-state index >= 15 is 0 Å². The van der Waals surface area contributed by atoms with Gasteiger partial charge in [0, 0.05) is 0 Å². The lowest BCUT2D eigenvalue weighted by Crippen LogP contribution is -1.83. The molecule has 0 fully saturated rings. The smallest absolute Gasteiger partial charge is 0.126 e. The topological polar surface area (TPSA) is 0 Å². The second-order valence-corrected chi connectivity index (χ2v) is 1.94. The average Bonchev–Trinajstić information content (AvgIpc) is 1.89. The number of aryl methyl sites for hydroxylation is 1. The van der Waals surface area contributed by atoms with Gasteiger partial charge in [-0.15, -0.1) is 24.0 Å². The molecule has 0 atom stereocenters. The predicted octanol–water partition coefficient (Wildman–Crippen LogP) is 3.01. The Morgan fingerprint density at radius 1 is 1.30 bits per heavy atom. The zero-order valence-electron chi connectivity index (χ0n) is 5.80. The Hall–Kier alpha value is -0.120. The summed E-state index contributed by atoms with van der Waals surface area (Å²) in [5.41, 5.74) is 0.789. The van der Waals surface area contributed by atoms with Crippen molar-refractivity contribution in [3.63, 3.8) is 0 Å². The van der Waals surface area contributed by atoms with Crippen molar-refractivity contribution >= 4 is 24.0 Å². The van der Waals surface area contributed by atoms with Crippen LogP contribution in [0.25, 0.3) is 0 Å². The lowest BCUT2D eigenvalue weighted by atomic mass is 10.2. The molecule has 0 saturated carbocycles. The van der Waals surface area contributed by atoms with Gasteiger partial charge in [-0.25, -0.2) is 4.39 Å². The second-order valence-electron chi connectivity index (χ2n) is 1.94. The van der Waals surface area contributed by atoms with Crippen LogP contribution < -0.4 is 0 Å². The number of rotatable bonds is 1. The van der Waals surface area contributed by atoms with Crippen molar-refractivity contribution < 1.29 is 4.39 Å². The van der Waals surface area contributed by atoms with Gasteiger partial charge in [-0.05, 0) is 18.1 Å². The first-order valence-electron chi connectivity index (χ1n) is 3.08. The highest BCUT2D eigenvalue weighted by atomic mass is 127. The molecule has 0 aliphatic heterocycles. The molecule has 0 N–H and O–H groups in total. The molecule has 56 valence electrons. The fourth-order valence-electron chi connectivity index (χ4n) is 0.785. The third kappa shape index (κ3) is 2.25. The molecule has 0 nitrogen and oxygen atoms in total. The molecule has 1 aromatic carbocycles. The van der Waals surface area contributed by atoms with Gasteiger partial charge in [0.2, 0.25) is 0 Å². The Morgan fingerprint density at radius 3 is 2.30 bits per heavy atom. The zero-order chi connectivity index (χ0) is 6.69. The van der Waals surface area contributed by atoms with Gasteiger partial charge in [0.05, 0.1) is 0 Å². The predicted molar refractivity (Wildman–Crippen MR) is 51.2 cm³/mol. The summed E-state index contributed by atoms with van der Waals surface area (Å²) in [5, 5.41) is 0. The quantitative estimate of drug-likeness (QED) is 0.674. The van der Waals surface area contributed by atoms with Crippen LogP contribution >= 0.6 is 24.0 Å². The molecule has 0 saturated heterocycles. The van der Waals surface area contributed by atoms with Crippen LogP contribution in [-0.2, 0) is 6.42 Å². The molecular formula is C8H10FI. The van der Waals surface area contributed by atoms with Gasteiger partial charge in [-0.2, -0.15) is 0 Å². The van der Waals surface area contributed by atoms with Crippen molar-refractivity contribution in [2.75, 3.05) is 0 Å². The van der Waals surface area contributed by atoms with Crippen molar-refractivity contribution in [3.05, 3.63) is 35.6 Å². The number of halogens is 2. The lowest BCUT2D eigenvalue weighted by Gasteiger charge is -1.94. The highest BCUT2D eigenvalue weighted by molar-refractivity contribution is 14.0.